The van der Waals surface area contributed by atoms with E-state index in [2.05, 4.69) is 91.8 Å². The zero-order chi connectivity index (χ0) is 21.5. The van der Waals surface area contributed by atoms with Crippen LogP contribution in [0.5, 0.6) is 0 Å². The van der Waals surface area contributed by atoms with Crippen LogP contribution in [0.2, 0.25) is 0 Å². The summed E-state index contributed by atoms with van der Waals surface area (Å²) in [6.07, 6.45) is 0. The Morgan fingerprint density at radius 3 is 1.57 bits per heavy atom. The van der Waals surface area contributed by atoms with Gasteiger partial charge in [-0.2, -0.15) is 0 Å². The van der Waals surface area contributed by atoms with Gasteiger partial charge in [0.2, 0.25) is 0 Å². The maximum absolute atomic E-state index is 2.54. The van der Waals surface area contributed by atoms with Gasteiger partial charge in [0, 0.05) is 0 Å². The summed E-state index contributed by atoms with van der Waals surface area (Å²) in [5.41, 5.74) is 9.07. The Morgan fingerprint density at radius 2 is 0.967 bits per heavy atom. The van der Waals surface area contributed by atoms with Gasteiger partial charge in [-0.1, -0.05) is 85.7 Å². The number of rotatable bonds is 4. The minimum Gasteiger partial charge on any atom is -0.0587 e. The molecule has 5 rings (SSSR count). The minimum atomic E-state index is 0.506. The molecule has 0 bridgehead atoms. The second-order valence-corrected chi connectivity index (χ2v) is 10.6. The van der Waals surface area contributed by atoms with Crippen molar-refractivity contribution in [2.24, 2.45) is 0 Å². The van der Waals surface area contributed by atoms with E-state index in [9.17, 15) is 0 Å². The smallest absolute Gasteiger partial charge is 0.00111 e. The first kappa shape index (κ1) is 19.6. The van der Waals surface area contributed by atoms with Gasteiger partial charge in [-0.15, -0.1) is 0 Å². The Morgan fingerprint density at radius 1 is 0.433 bits per heavy atom. The predicted molar refractivity (Wildman–Crippen MR) is 134 cm³/mol. The molecule has 0 heterocycles. The standard InChI is InChI=1S/C30H34/c1-15(2)20-11-9-19-10-12-21-22(16(3)4)14-25-23(17(5)6)13-24(18(7)8)29-27(20)26(19)28(21)30(25)29/h9-18H,1-8H3. The maximum Gasteiger partial charge on any atom is -0.00111 e. The Hall–Kier alpha value is -2.34. The molecule has 0 radical (unpaired) electrons. The summed E-state index contributed by atoms with van der Waals surface area (Å²) in [5, 5.41) is 8.88. The zero-order valence-corrected chi connectivity index (χ0v) is 19.8. The molecule has 1 aliphatic rings. The second-order valence-electron chi connectivity index (χ2n) is 10.6. The Balaban J connectivity index is 2.15. The van der Waals surface area contributed by atoms with Gasteiger partial charge in [-0.05, 0) is 95.4 Å². The highest BCUT2D eigenvalue weighted by Gasteiger charge is 2.30. The molecule has 0 saturated heterocycles. The van der Waals surface area contributed by atoms with E-state index in [-0.39, 0.29) is 0 Å². The fraction of sp³-hybridized carbons (Fsp3) is 0.400. The summed E-state index contributed by atoms with van der Waals surface area (Å²) in [5.74, 6) is 2.04. The third kappa shape index (κ3) is 2.46. The number of benzene rings is 4. The van der Waals surface area contributed by atoms with Crippen LogP contribution in [0.3, 0.4) is 0 Å². The van der Waals surface area contributed by atoms with Crippen LogP contribution >= 0.6 is 0 Å². The first-order chi connectivity index (χ1) is 14.2. The van der Waals surface area contributed by atoms with Crippen molar-refractivity contribution >= 4 is 32.3 Å². The molecule has 0 fully saturated rings. The topological polar surface area (TPSA) is 0 Å². The number of hydrogen-bond donors (Lipinski definition) is 0. The van der Waals surface area contributed by atoms with E-state index in [1.165, 1.54) is 65.7 Å². The molecule has 0 aromatic heterocycles. The largest absolute Gasteiger partial charge is 0.0587 e. The zero-order valence-electron chi connectivity index (χ0n) is 19.8. The monoisotopic (exact) mass is 394 g/mol. The Bertz CT molecular complexity index is 1330. The fourth-order valence-corrected chi connectivity index (χ4v) is 5.75. The van der Waals surface area contributed by atoms with Crippen molar-refractivity contribution in [3.8, 4) is 11.1 Å². The van der Waals surface area contributed by atoms with Gasteiger partial charge in [0.1, 0.15) is 0 Å². The van der Waals surface area contributed by atoms with Crippen molar-refractivity contribution in [2.45, 2.75) is 79.1 Å². The molecule has 0 aliphatic heterocycles. The van der Waals surface area contributed by atoms with E-state index < -0.39 is 0 Å². The van der Waals surface area contributed by atoms with E-state index in [0.717, 1.165) is 0 Å². The molecule has 1 aliphatic carbocycles. The quantitative estimate of drug-likeness (QED) is 0.266. The summed E-state index contributed by atoms with van der Waals surface area (Å²) >= 11 is 0. The van der Waals surface area contributed by atoms with Crippen LogP contribution in [-0.4, -0.2) is 0 Å². The molecular formula is C30H34. The lowest BCUT2D eigenvalue weighted by Crippen LogP contribution is -2.01. The highest BCUT2D eigenvalue weighted by Crippen LogP contribution is 2.55. The first-order valence-electron chi connectivity index (χ1n) is 11.7. The van der Waals surface area contributed by atoms with E-state index in [1.54, 1.807) is 0 Å². The molecule has 0 spiro atoms. The van der Waals surface area contributed by atoms with Gasteiger partial charge in [0.05, 0.1) is 0 Å². The molecule has 0 saturated carbocycles. The van der Waals surface area contributed by atoms with E-state index in [4.69, 9.17) is 0 Å². The molecule has 4 aromatic rings. The van der Waals surface area contributed by atoms with Gasteiger partial charge < -0.3 is 0 Å². The molecule has 30 heavy (non-hydrogen) atoms. The van der Waals surface area contributed by atoms with E-state index >= 15 is 0 Å². The highest BCUT2D eigenvalue weighted by atomic mass is 14.3. The van der Waals surface area contributed by atoms with Crippen LogP contribution in [0.4, 0.5) is 0 Å². The fourth-order valence-electron chi connectivity index (χ4n) is 5.75. The molecular weight excluding hydrogens is 360 g/mol. The highest BCUT2D eigenvalue weighted by molar-refractivity contribution is 6.34. The maximum atomic E-state index is 2.54. The van der Waals surface area contributed by atoms with Crippen LogP contribution in [0.1, 0.15) is 101 Å². The summed E-state index contributed by atoms with van der Waals surface area (Å²) in [4.78, 5) is 0. The Labute approximate surface area is 181 Å². The molecule has 0 unspecified atom stereocenters. The predicted octanol–water partition coefficient (Wildman–Crippen LogP) is 9.62. The molecule has 4 aromatic carbocycles. The van der Waals surface area contributed by atoms with Crippen molar-refractivity contribution in [2.75, 3.05) is 0 Å². The van der Waals surface area contributed by atoms with Crippen molar-refractivity contribution in [1.29, 1.82) is 0 Å². The lowest BCUT2D eigenvalue weighted by Gasteiger charge is -2.22. The van der Waals surface area contributed by atoms with Crippen molar-refractivity contribution in [3.63, 3.8) is 0 Å². The molecule has 0 atom stereocenters. The van der Waals surface area contributed by atoms with Crippen molar-refractivity contribution in [3.05, 3.63) is 58.7 Å². The van der Waals surface area contributed by atoms with E-state index in [0.29, 0.717) is 23.7 Å². The number of hydrogen-bond acceptors (Lipinski definition) is 0. The first-order valence-corrected chi connectivity index (χ1v) is 11.7. The van der Waals surface area contributed by atoms with Gasteiger partial charge >= 0.3 is 0 Å². The molecule has 0 nitrogen and oxygen atoms in total. The molecule has 154 valence electrons. The molecule has 0 N–H and O–H groups in total. The van der Waals surface area contributed by atoms with Gasteiger partial charge in [0.25, 0.3) is 0 Å². The lowest BCUT2D eigenvalue weighted by molar-refractivity contribution is 0.840. The summed E-state index contributed by atoms with van der Waals surface area (Å²) < 4.78 is 0. The second kappa shape index (κ2) is 6.58. The average Bonchev–Trinajstić information content (AvgIpc) is 3.04. The Kier molecular flexibility index (Phi) is 4.30. The number of fused-ring (bicyclic) bond motifs is 1. The van der Waals surface area contributed by atoms with Crippen LogP contribution in [-0.2, 0) is 0 Å². The summed E-state index contributed by atoms with van der Waals surface area (Å²) in [6.45, 7) is 18.8. The van der Waals surface area contributed by atoms with Crippen LogP contribution in [0, 0.1) is 0 Å². The summed E-state index contributed by atoms with van der Waals surface area (Å²) in [7, 11) is 0. The third-order valence-corrected chi connectivity index (χ3v) is 7.25. The lowest BCUT2D eigenvalue weighted by atomic mass is 9.82. The van der Waals surface area contributed by atoms with Gasteiger partial charge in [0.15, 0.2) is 0 Å². The minimum absolute atomic E-state index is 0.506. The van der Waals surface area contributed by atoms with Gasteiger partial charge in [-0.25, -0.2) is 0 Å². The SMILES string of the molecule is CC(C)c1ccc2ccc3c(C(C)C)cc4c(C(C)C)cc(C(C)C)c5c4c3c2c1-5. The normalized spacial score (nSPS) is 13.2. The average molecular weight is 395 g/mol. The molecule has 0 amide bonds. The van der Waals surface area contributed by atoms with Crippen LogP contribution in [0.25, 0.3) is 43.4 Å². The van der Waals surface area contributed by atoms with Crippen molar-refractivity contribution < 1.29 is 0 Å². The third-order valence-electron chi connectivity index (χ3n) is 7.25. The summed E-state index contributed by atoms with van der Waals surface area (Å²) in [6, 6.07) is 14.5. The van der Waals surface area contributed by atoms with Crippen molar-refractivity contribution in [1.82, 2.24) is 0 Å². The molecule has 0 heteroatoms. The van der Waals surface area contributed by atoms with Crippen LogP contribution in [0.15, 0.2) is 36.4 Å². The van der Waals surface area contributed by atoms with Crippen LogP contribution < -0.4 is 0 Å². The van der Waals surface area contributed by atoms with Gasteiger partial charge in [-0.3, -0.25) is 0 Å². The van der Waals surface area contributed by atoms with E-state index in [1.807, 2.05) is 0 Å².